The Morgan fingerprint density at radius 3 is 2.75 bits per heavy atom. The molecule has 1 fully saturated rings. The summed E-state index contributed by atoms with van der Waals surface area (Å²) in [5, 5.41) is 4.44. The van der Waals surface area contributed by atoms with Gasteiger partial charge in [0.25, 0.3) is 0 Å². The highest BCUT2D eigenvalue weighted by molar-refractivity contribution is 5.88. The van der Waals surface area contributed by atoms with Crippen molar-refractivity contribution in [2.75, 3.05) is 66.7 Å². The van der Waals surface area contributed by atoms with Gasteiger partial charge in [0.1, 0.15) is 18.1 Å². The third kappa shape index (κ3) is 4.81. The Morgan fingerprint density at radius 1 is 1.08 bits per heavy atom. The number of para-hydroxylation sites is 1. The van der Waals surface area contributed by atoms with Crippen LogP contribution in [-0.4, -0.2) is 87.4 Å². The first kappa shape index (κ1) is 24.6. The minimum atomic E-state index is -0.382. The molecule has 0 aliphatic carbocycles. The van der Waals surface area contributed by atoms with Crippen LogP contribution < -0.4 is 14.8 Å². The first-order valence-corrected chi connectivity index (χ1v) is 12.7. The molecule has 1 atom stereocenters. The van der Waals surface area contributed by atoms with Gasteiger partial charge in [-0.15, -0.1) is 0 Å². The lowest BCUT2D eigenvalue weighted by Crippen LogP contribution is -2.57. The molecule has 1 saturated heterocycles. The first-order valence-electron chi connectivity index (χ1n) is 12.7. The molecular weight excluding hydrogens is 456 g/mol. The van der Waals surface area contributed by atoms with Crippen LogP contribution in [0.3, 0.4) is 0 Å². The van der Waals surface area contributed by atoms with E-state index in [1.165, 1.54) is 16.6 Å². The van der Waals surface area contributed by atoms with Gasteiger partial charge in [-0.1, -0.05) is 18.2 Å². The zero-order chi connectivity index (χ0) is 25.0. The summed E-state index contributed by atoms with van der Waals surface area (Å²) >= 11 is 0. The number of ether oxygens (including phenoxy) is 3. The quantitative estimate of drug-likeness (QED) is 0.424. The Hall–Kier alpha value is -3.07. The average molecular weight is 493 g/mol. The molecule has 2 aliphatic rings. The van der Waals surface area contributed by atoms with Gasteiger partial charge in [-0.05, 0) is 48.7 Å². The maximum atomic E-state index is 13.5. The molecule has 8 heteroatoms. The van der Waals surface area contributed by atoms with Crippen LogP contribution in [0.2, 0.25) is 0 Å². The number of likely N-dealkylation sites (tertiary alicyclic amines) is 1. The van der Waals surface area contributed by atoms with E-state index in [1.54, 1.807) is 14.2 Å². The second-order valence-electron chi connectivity index (χ2n) is 9.57. The number of methoxy groups -OCH3 is 2. The van der Waals surface area contributed by atoms with Gasteiger partial charge >= 0.3 is 0 Å². The van der Waals surface area contributed by atoms with Crippen LogP contribution in [0.1, 0.15) is 17.7 Å². The summed E-state index contributed by atoms with van der Waals surface area (Å²) in [6, 6.07) is 16.1. The number of hydrogen-bond donors (Lipinski definition) is 2. The zero-order valence-electron chi connectivity index (χ0n) is 21.2. The fourth-order valence-electron chi connectivity index (χ4n) is 5.71. The fourth-order valence-corrected chi connectivity index (χ4v) is 5.71. The summed E-state index contributed by atoms with van der Waals surface area (Å²) in [6.07, 6.45) is 1.71. The third-order valence-electron chi connectivity index (χ3n) is 7.49. The van der Waals surface area contributed by atoms with Crippen LogP contribution in [0.15, 0.2) is 48.5 Å². The third-order valence-corrected chi connectivity index (χ3v) is 7.49. The van der Waals surface area contributed by atoms with E-state index in [1.807, 2.05) is 36.4 Å². The molecule has 8 nitrogen and oxygen atoms in total. The Kier molecular flexibility index (Phi) is 7.46. The van der Waals surface area contributed by atoms with E-state index in [0.717, 1.165) is 49.5 Å². The lowest BCUT2D eigenvalue weighted by molar-refractivity contribution is -0.137. The minimum Gasteiger partial charge on any atom is -0.497 e. The second-order valence-corrected chi connectivity index (χ2v) is 9.57. The number of aromatic amines is 1. The Morgan fingerprint density at radius 2 is 1.94 bits per heavy atom. The highest BCUT2D eigenvalue weighted by Crippen LogP contribution is 2.45. The number of rotatable bonds is 10. The van der Waals surface area contributed by atoms with Crippen LogP contribution in [0.4, 0.5) is 0 Å². The summed E-state index contributed by atoms with van der Waals surface area (Å²) < 4.78 is 16.6. The van der Waals surface area contributed by atoms with Crippen LogP contribution in [0, 0.1) is 0 Å². The summed E-state index contributed by atoms with van der Waals surface area (Å²) in [6.45, 7) is 5.38. The van der Waals surface area contributed by atoms with E-state index >= 15 is 0 Å². The van der Waals surface area contributed by atoms with Crippen molar-refractivity contribution in [1.29, 1.82) is 0 Å². The van der Waals surface area contributed by atoms with Gasteiger partial charge < -0.3 is 29.4 Å². The SMILES string of the molecule is COCCNCC(=O)N1CCc2c([nH]c3ccc(OC)cc23)C12CCN(CCOc1ccccc1)C2. The first-order chi connectivity index (χ1) is 17.6. The molecule has 5 rings (SSSR count). The summed E-state index contributed by atoms with van der Waals surface area (Å²) in [7, 11) is 3.37. The van der Waals surface area contributed by atoms with Crippen LogP contribution in [-0.2, 0) is 21.5 Å². The van der Waals surface area contributed by atoms with E-state index in [-0.39, 0.29) is 11.4 Å². The predicted octanol–water partition coefficient (Wildman–Crippen LogP) is 2.78. The lowest BCUT2D eigenvalue weighted by Gasteiger charge is -2.45. The number of nitrogens with one attached hydrogen (secondary N) is 2. The van der Waals surface area contributed by atoms with Crippen molar-refractivity contribution >= 4 is 16.8 Å². The average Bonchev–Trinajstić information content (AvgIpc) is 3.50. The monoisotopic (exact) mass is 492 g/mol. The number of carbonyl (C=O) groups excluding carboxylic acids is 1. The molecule has 0 bridgehead atoms. The Bertz CT molecular complexity index is 1180. The van der Waals surface area contributed by atoms with Crippen molar-refractivity contribution < 1.29 is 19.0 Å². The van der Waals surface area contributed by atoms with Crippen molar-refractivity contribution in [3.63, 3.8) is 0 Å². The topological polar surface area (TPSA) is 79.1 Å². The van der Waals surface area contributed by atoms with Crippen LogP contribution in [0.25, 0.3) is 10.9 Å². The molecule has 1 aromatic heterocycles. The Labute approximate surface area is 212 Å². The van der Waals surface area contributed by atoms with Crippen molar-refractivity contribution in [2.24, 2.45) is 0 Å². The standard InChI is InChI=1S/C28H36N4O4/c1-34-16-12-29-19-26(33)32-13-10-23-24-18-22(35-2)8-9-25(24)30-27(23)28(32)11-14-31(20-28)15-17-36-21-6-4-3-5-7-21/h3-9,18,29-30H,10-17,19-20H2,1-2H3. The van der Waals surface area contributed by atoms with Crippen molar-refractivity contribution in [3.05, 3.63) is 59.8 Å². The highest BCUT2D eigenvalue weighted by Gasteiger charge is 2.50. The highest BCUT2D eigenvalue weighted by atomic mass is 16.5. The van der Waals surface area contributed by atoms with Crippen molar-refractivity contribution in [2.45, 2.75) is 18.4 Å². The van der Waals surface area contributed by atoms with Gasteiger partial charge in [-0.2, -0.15) is 0 Å². The lowest BCUT2D eigenvalue weighted by atomic mass is 9.83. The van der Waals surface area contributed by atoms with Crippen molar-refractivity contribution in [1.82, 2.24) is 20.1 Å². The van der Waals surface area contributed by atoms with Gasteiger partial charge in [-0.25, -0.2) is 0 Å². The molecule has 3 aromatic rings. The molecule has 36 heavy (non-hydrogen) atoms. The van der Waals surface area contributed by atoms with Gasteiger partial charge in [0.15, 0.2) is 0 Å². The molecule has 1 amide bonds. The van der Waals surface area contributed by atoms with E-state index < -0.39 is 0 Å². The number of benzene rings is 2. The maximum Gasteiger partial charge on any atom is 0.237 e. The summed E-state index contributed by atoms with van der Waals surface area (Å²) in [4.78, 5) is 21.7. The number of amides is 1. The molecule has 2 N–H and O–H groups in total. The number of nitrogens with zero attached hydrogens (tertiary/aromatic N) is 2. The molecule has 0 saturated carbocycles. The molecule has 0 radical (unpaired) electrons. The maximum absolute atomic E-state index is 13.5. The zero-order valence-corrected chi connectivity index (χ0v) is 21.2. The predicted molar refractivity (Wildman–Crippen MR) is 140 cm³/mol. The fraction of sp³-hybridized carbons (Fsp3) is 0.464. The van der Waals surface area contributed by atoms with Crippen LogP contribution >= 0.6 is 0 Å². The van der Waals surface area contributed by atoms with E-state index in [2.05, 4.69) is 32.2 Å². The van der Waals surface area contributed by atoms with E-state index in [9.17, 15) is 4.79 Å². The molecule has 3 heterocycles. The minimum absolute atomic E-state index is 0.135. The van der Waals surface area contributed by atoms with Gasteiger partial charge in [0.2, 0.25) is 5.91 Å². The number of aromatic nitrogens is 1. The van der Waals surface area contributed by atoms with Gasteiger partial charge in [0, 0.05) is 56.4 Å². The number of hydrogen-bond acceptors (Lipinski definition) is 6. The molecule has 2 aliphatic heterocycles. The smallest absolute Gasteiger partial charge is 0.237 e. The summed E-state index contributed by atoms with van der Waals surface area (Å²) in [5.74, 6) is 1.87. The molecule has 192 valence electrons. The number of carbonyl (C=O) groups is 1. The largest absolute Gasteiger partial charge is 0.497 e. The number of fused-ring (bicyclic) bond motifs is 4. The van der Waals surface area contributed by atoms with Gasteiger partial charge in [-0.3, -0.25) is 9.69 Å². The normalized spacial score (nSPS) is 19.7. The second kappa shape index (κ2) is 10.9. The van der Waals surface area contributed by atoms with Crippen LogP contribution in [0.5, 0.6) is 11.5 Å². The number of H-pyrrole nitrogens is 1. The molecule has 2 aromatic carbocycles. The van der Waals surface area contributed by atoms with Crippen molar-refractivity contribution in [3.8, 4) is 11.5 Å². The molecule has 1 spiro atoms. The van der Waals surface area contributed by atoms with E-state index in [4.69, 9.17) is 14.2 Å². The van der Waals surface area contributed by atoms with E-state index in [0.29, 0.717) is 32.8 Å². The Balaban J connectivity index is 1.39. The molecule has 1 unspecified atom stereocenters. The van der Waals surface area contributed by atoms with Gasteiger partial charge in [0.05, 0.1) is 25.8 Å². The molecular formula is C28H36N4O4. The summed E-state index contributed by atoms with van der Waals surface area (Å²) in [5.41, 5.74) is 3.20.